The number of hydrogen-bond acceptors (Lipinski definition) is 4. The van der Waals surface area contributed by atoms with E-state index in [1.807, 2.05) is 24.3 Å². The van der Waals surface area contributed by atoms with Crippen LogP contribution in [0.25, 0.3) is 0 Å². The van der Waals surface area contributed by atoms with Gasteiger partial charge in [0.15, 0.2) is 0 Å². The third-order valence-electron chi connectivity index (χ3n) is 6.22. The van der Waals surface area contributed by atoms with Crippen molar-refractivity contribution < 1.29 is 18.0 Å². The standard InChI is InChI=1S/C24H28ClN3O4S/c25-20-8-6-17(7-9-20)12-13-26-24(30)19-4-2-14-28(16-19)33(31,32)21-10-11-22-18(15-21)3-1-5-23(29)27-22/h6-11,15,19H,1-5,12-14,16H2,(H,26,30)(H,27,29). The first-order valence-corrected chi connectivity index (χ1v) is 13.1. The van der Waals surface area contributed by atoms with Crippen LogP contribution in [0.3, 0.4) is 0 Å². The molecule has 2 heterocycles. The van der Waals surface area contributed by atoms with Crippen molar-refractivity contribution in [3.05, 3.63) is 58.6 Å². The highest BCUT2D eigenvalue weighted by atomic mass is 35.5. The Hall–Kier alpha value is -2.42. The highest BCUT2D eigenvalue weighted by Gasteiger charge is 2.33. The Kier molecular flexibility index (Phi) is 7.36. The van der Waals surface area contributed by atoms with Crippen molar-refractivity contribution in [1.29, 1.82) is 0 Å². The lowest BCUT2D eigenvalue weighted by atomic mass is 9.99. The molecule has 1 fully saturated rings. The third kappa shape index (κ3) is 5.75. The summed E-state index contributed by atoms with van der Waals surface area (Å²) in [6.07, 6.45) is 3.74. The maximum atomic E-state index is 13.3. The molecular weight excluding hydrogens is 462 g/mol. The van der Waals surface area contributed by atoms with Crippen molar-refractivity contribution >= 4 is 39.1 Å². The van der Waals surface area contributed by atoms with Gasteiger partial charge in [-0.25, -0.2) is 8.42 Å². The predicted molar refractivity (Wildman–Crippen MR) is 128 cm³/mol. The van der Waals surface area contributed by atoms with Crippen LogP contribution in [0.2, 0.25) is 5.02 Å². The van der Waals surface area contributed by atoms with Gasteiger partial charge >= 0.3 is 0 Å². The fraction of sp³-hybridized carbons (Fsp3) is 0.417. The minimum absolute atomic E-state index is 0.0506. The predicted octanol–water partition coefficient (Wildman–Crippen LogP) is 3.37. The van der Waals surface area contributed by atoms with Crippen molar-refractivity contribution in [2.45, 2.75) is 43.4 Å². The van der Waals surface area contributed by atoms with Gasteiger partial charge in [-0.15, -0.1) is 0 Å². The van der Waals surface area contributed by atoms with E-state index >= 15 is 0 Å². The van der Waals surface area contributed by atoms with Crippen molar-refractivity contribution in [2.75, 3.05) is 25.0 Å². The molecule has 1 atom stereocenters. The number of aryl methyl sites for hydroxylation is 1. The van der Waals surface area contributed by atoms with Gasteiger partial charge in [0.1, 0.15) is 0 Å². The van der Waals surface area contributed by atoms with Crippen molar-refractivity contribution in [1.82, 2.24) is 9.62 Å². The molecule has 9 heteroatoms. The monoisotopic (exact) mass is 489 g/mol. The summed E-state index contributed by atoms with van der Waals surface area (Å²) in [6.45, 7) is 1.05. The Morgan fingerprint density at radius 1 is 1.12 bits per heavy atom. The molecule has 0 aliphatic carbocycles. The molecule has 4 rings (SSSR count). The fourth-order valence-electron chi connectivity index (χ4n) is 4.36. The molecule has 2 aliphatic rings. The van der Waals surface area contributed by atoms with Crippen LogP contribution in [0.1, 0.15) is 36.8 Å². The maximum absolute atomic E-state index is 13.3. The van der Waals surface area contributed by atoms with Gasteiger partial charge in [0.2, 0.25) is 21.8 Å². The van der Waals surface area contributed by atoms with E-state index in [9.17, 15) is 18.0 Å². The second-order valence-electron chi connectivity index (χ2n) is 8.59. The Morgan fingerprint density at radius 2 is 1.91 bits per heavy atom. The van der Waals surface area contributed by atoms with Gasteiger partial charge in [-0.3, -0.25) is 9.59 Å². The summed E-state index contributed by atoms with van der Waals surface area (Å²) in [7, 11) is -3.73. The van der Waals surface area contributed by atoms with E-state index in [1.165, 1.54) is 10.4 Å². The summed E-state index contributed by atoms with van der Waals surface area (Å²) in [6, 6.07) is 12.3. The van der Waals surface area contributed by atoms with Crippen LogP contribution >= 0.6 is 11.6 Å². The number of rotatable bonds is 6. The second kappa shape index (κ2) is 10.2. The van der Waals surface area contributed by atoms with E-state index in [-0.39, 0.29) is 29.2 Å². The Morgan fingerprint density at radius 3 is 2.70 bits per heavy atom. The number of nitrogens with zero attached hydrogens (tertiary/aromatic N) is 1. The molecule has 1 saturated heterocycles. The van der Waals surface area contributed by atoms with E-state index in [4.69, 9.17) is 11.6 Å². The summed E-state index contributed by atoms with van der Waals surface area (Å²) in [5, 5.41) is 6.45. The van der Waals surface area contributed by atoms with Crippen LogP contribution < -0.4 is 10.6 Å². The highest BCUT2D eigenvalue weighted by molar-refractivity contribution is 7.89. The second-order valence-corrected chi connectivity index (χ2v) is 11.0. The van der Waals surface area contributed by atoms with E-state index in [1.54, 1.807) is 12.1 Å². The molecule has 1 unspecified atom stereocenters. The van der Waals surface area contributed by atoms with E-state index in [2.05, 4.69) is 10.6 Å². The van der Waals surface area contributed by atoms with Crippen LogP contribution in [0.5, 0.6) is 0 Å². The van der Waals surface area contributed by atoms with Gasteiger partial charge < -0.3 is 10.6 Å². The molecule has 2 amide bonds. The number of halogens is 1. The molecule has 2 aliphatic heterocycles. The quantitative estimate of drug-likeness (QED) is 0.650. The molecule has 33 heavy (non-hydrogen) atoms. The fourth-order valence-corrected chi connectivity index (χ4v) is 6.06. The van der Waals surface area contributed by atoms with Crippen LogP contribution in [-0.4, -0.2) is 44.2 Å². The van der Waals surface area contributed by atoms with Crippen molar-refractivity contribution in [2.24, 2.45) is 5.92 Å². The normalized spacial score (nSPS) is 19.3. The zero-order chi connectivity index (χ0) is 23.4. The first-order valence-electron chi connectivity index (χ1n) is 11.3. The van der Waals surface area contributed by atoms with Gasteiger partial charge in [-0.05, 0) is 73.6 Å². The lowest BCUT2D eigenvalue weighted by Gasteiger charge is -2.31. The van der Waals surface area contributed by atoms with Crippen molar-refractivity contribution in [3.8, 4) is 0 Å². The Labute approximate surface area is 199 Å². The van der Waals surface area contributed by atoms with Crippen molar-refractivity contribution in [3.63, 3.8) is 0 Å². The molecule has 0 aromatic heterocycles. The van der Waals surface area contributed by atoms with Gasteiger partial charge in [0, 0.05) is 36.8 Å². The summed E-state index contributed by atoms with van der Waals surface area (Å²) >= 11 is 5.90. The number of nitrogens with one attached hydrogen (secondary N) is 2. The average molecular weight is 490 g/mol. The Balaban J connectivity index is 1.38. The molecule has 0 bridgehead atoms. The zero-order valence-corrected chi connectivity index (χ0v) is 19.9. The molecule has 2 N–H and O–H groups in total. The average Bonchev–Trinajstić information content (AvgIpc) is 3.00. The molecule has 0 spiro atoms. The summed E-state index contributed by atoms with van der Waals surface area (Å²) < 4.78 is 28.0. The summed E-state index contributed by atoms with van der Waals surface area (Å²) in [5.41, 5.74) is 2.58. The van der Waals surface area contributed by atoms with Crippen LogP contribution in [-0.2, 0) is 32.5 Å². The molecule has 7 nitrogen and oxygen atoms in total. The number of sulfonamides is 1. The first-order chi connectivity index (χ1) is 15.8. The number of amides is 2. The Bertz CT molecular complexity index is 1130. The molecule has 2 aromatic rings. The number of benzene rings is 2. The SMILES string of the molecule is O=C1CCCc2cc(S(=O)(=O)N3CCCC(C(=O)NCCc4ccc(Cl)cc4)C3)ccc2N1. The molecule has 0 radical (unpaired) electrons. The van der Waals surface area contributed by atoms with E-state index in [0.717, 1.165) is 11.1 Å². The van der Waals surface area contributed by atoms with Crippen LogP contribution in [0.4, 0.5) is 5.69 Å². The molecular formula is C24H28ClN3O4S. The maximum Gasteiger partial charge on any atom is 0.243 e. The van der Waals surface area contributed by atoms with Gasteiger partial charge in [0.05, 0.1) is 10.8 Å². The summed E-state index contributed by atoms with van der Waals surface area (Å²) in [4.78, 5) is 24.7. The third-order valence-corrected chi connectivity index (χ3v) is 8.33. The van der Waals surface area contributed by atoms with Gasteiger partial charge in [-0.1, -0.05) is 23.7 Å². The van der Waals surface area contributed by atoms with Crippen LogP contribution in [0.15, 0.2) is 47.4 Å². The molecule has 176 valence electrons. The lowest BCUT2D eigenvalue weighted by molar-refractivity contribution is -0.126. The lowest BCUT2D eigenvalue weighted by Crippen LogP contribution is -2.45. The zero-order valence-electron chi connectivity index (χ0n) is 18.3. The molecule has 0 saturated carbocycles. The van der Waals surface area contributed by atoms with Crippen LogP contribution in [0, 0.1) is 5.92 Å². The largest absolute Gasteiger partial charge is 0.355 e. The smallest absolute Gasteiger partial charge is 0.243 e. The molecule has 2 aromatic carbocycles. The number of piperidine rings is 1. The number of hydrogen-bond donors (Lipinski definition) is 2. The van der Waals surface area contributed by atoms with Gasteiger partial charge in [-0.2, -0.15) is 4.31 Å². The number of carbonyl (C=O) groups is 2. The minimum atomic E-state index is -3.73. The van der Waals surface area contributed by atoms with Gasteiger partial charge in [0.25, 0.3) is 0 Å². The topological polar surface area (TPSA) is 95.6 Å². The van der Waals surface area contributed by atoms with E-state index in [0.29, 0.717) is 62.3 Å². The highest BCUT2D eigenvalue weighted by Crippen LogP contribution is 2.29. The van der Waals surface area contributed by atoms with E-state index < -0.39 is 10.0 Å². The first kappa shape index (κ1) is 23.7. The number of fused-ring (bicyclic) bond motifs is 1. The summed E-state index contributed by atoms with van der Waals surface area (Å²) in [5.74, 6) is -0.544. The number of anilines is 1. The minimum Gasteiger partial charge on any atom is -0.355 e. The number of carbonyl (C=O) groups excluding carboxylic acids is 2.